The van der Waals surface area contributed by atoms with Crippen LogP contribution in [0.1, 0.15) is 213 Å². The molecule has 1 amide bonds. The molecule has 0 heterocycles. The monoisotopic (exact) mass is 984 g/mol. The summed E-state index contributed by atoms with van der Waals surface area (Å²) >= 11 is 0. The van der Waals surface area contributed by atoms with E-state index < -0.39 is 20.0 Å². The number of hydrogen-bond acceptors (Lipinski definition) is 6. The fourth-order valence-electron chi connectivity index (χ4n) is 7.38. The highest BCUT2D eigenvalue weighted by Gasteiger charge is 2.30. The molecule has 10 heteroatoms. The van der Waals surface area contributed by atoms with Crippen molar-refractivity contribution in [3.63, 3.8) is 0 Å². The lowest BCUT2D eigenvalue weighted by Gasteiger charge is -2.27. The van der Waals surface area contributed by atoms with E-state index in [4.69, 9.17) is 13.8 Å². The van der Waals surface area contributed by atoms with Crippen LogP contribution in [0.4, 0.5) is 0 Å². The maximum Gasteiger partial charge on any atom is 0.472 e. The van der Waals surface area contributed by atoms with Crippen molar-refractivity contribution in [1.82, 2.24) is 5.32 Å². The summed E-state index contributed by atoms with van der Waals surface area (Å²) in [6, 6.07) is -0.873. The largest absolute Gasteiger partial charge is 0.472 e. The van der Waals surface area contributed by atoms with E-state index in [0.29, 0.717) is 23.9 Å². The van der Waals surface area contributed by atoms with Crippen molar-refractivity contribution in [2.45, 2.75) is 226 Å². The van der Waals surface area contributed by atoms with Crippen LogP contribution in [0.3, 0.4) is 0 Å². The molecule has 0 fully saturated rings. The van der Waals surface area contributed by atoms with Gasteiger partial charge in [-0.05, 0) is 76.7 Å². The minimum Gasteiger partial charge on any atom is -0.456 e. The van der Waals surface area contributed by atoms with Gasteiger partial charge in [0.05, 0.1) is 33.8 Å². The Morgan fingerprint density at radius 1 is 0.522 bits per heavy atom. The number of carbonyl (C=O) groups is 2. The number of allylic oxidation sites excluding steroid dienone is 15. The van der Waals surface area contributed by atoms with E-state index in [1.807, 2.05) is 94.1 Å². The first-order chi connectivity index (χ1) is 33.4. The minimum atomic E-state index is -4.46. The van der Waals surface area contributed by atoms with Crippen LogP contribution in [0.5, 0.6) is 0 Å². The molecule has 0 saturated heterocycles. The van der Waals surface area contributed by atoms with Gasteiger partial charge >= 0.3 is 13.8 Å². The maximum absolute atomic E-state index is 13.5. The van der Waals surface area contributed by atoms with Crippen molar-refractivity contribution in [3.05, 3.63) is 97.2 Å². The van der Waals surface area contributed by atoms with Gasteiger partial charge in [0.15, 0.2) is 0 Å². The van der Waals surface area contributed by atoms with Gasteiger partial charge < -0.3 is 19.4 Å². The lowest BCUT2D eigenvalue weighted by Crippen LogP contribution is -2.47. The molecule has 9 nitrogen and oxygen atoms in total. The van der Waals surface area contributed by atoms with Crippen molar-refractivity contribution in [1.29, 1.82) is 0 Å². The average molecular weight is 984 g/mol. The molecular formula is C59H104N2O7P+. The predicted molar refractivity (Wildman–Crippen MR) is 295 cm³/mol. The van der Waals surface area contributed by atoms with Gasteiger partial charge in [-0.2, -0.15) is 0 Å². The predicted octanol–water partition coefficient (Wildman–Crippen LogP) is 16.4. The Hall–Kier alpha value is -3.07. The molecule has 0 aliphatic carbocycles. The van der Waals surface area contributed by atoms with Gasteiger partial charge in [0.1, 0.15) is 19.3 Å². The molecule has 0 aromatic carbocycles. The Labute approximate surface area is 424 Å². The molecule has 0 rings (SSSR count). The summed E-state index contributed by atoms with van der Waals surface area (Å²) in [6.45, 7) is 6.79. The Kier molecular flexibility index (Phi) is 46.4. The number of carbonyl (C=O) groups excluding carboxylic acids is 2. The normalized spacial score (nSPS) is 14.6. The molecule has 3 atom stereocenters. The van der Waals surface area contributed by atoms with Gasteiger partial charge in [0.25, 0.3) is 0 Å². The molecular weight excluding hydrogens is 880 g/mol. The number of esters is 1. The Balaban J connectivity index is 5.47. The van der Waals surface area contributed by atoms with E-state index in [1.165, 1.54) is 96.3 Å². The van der Waals surface area contributed by atoms with Crippen molar-refractivity contribution in [3.8, 4) is 0 Å². The van der Waals surface area contributed by atoms with E-state index in [0.717, 1.165) is 77.0 Å². The van der Waals surface area contributed by atoms with Crippen LogP contribution in [-0.4, -0.2) is 74.3 Å². The van der Waals surface area contributed by atoms with E-state index in [9.17, 15) is 19.0 Å². The van der Waals surface area contributed by atoms with Crippen molar-refractivity contribution in [2.24, 2.45) is 0 Å². The molecule has 0 aromatic heterocycles. The van der Waals surface area contributed by atoms with Gasteiger partial charge in [-0.15, -0.1) is 0 Å². The van der Waals surface area contributed by atoms with Crippen molar-refractivity contribution < 1.29 is 37.3 Å². The van der Waals surface area contributed by atoms with Crippen molar-refractivity contribution >= 4 is 19.7 Å². The summed E-state index contributed by atoms with van der Waals surface area (Å²) in [5.74, 6) is -0.569. The highest BCUT2D eigenvalue weighted by atomic mass is 31.2. The van der Waals surface area contributed by atoms with Crippen LogP contribution in [0, 0.1) is 0 Å². The molecule has 396 valence electrons. The van der Waals surface area contributed by atoms with Gasteiger partial charge in [0.2, 0.25) is 5.91 Å². The highest BCUT2D eigenvalue weighted by molar-refractivity contribution is 7.47. The van der Waals surface area contributed by atoms with E-state index in [1.54, 1.807) is 0 Å². The number of hydrogen-bond donors (Lipinski definition) is 2. The summed E-state index contributed by atoms with van der Waals surface area (Å²) in [4.78, 5) is 37.5. The second-order valence-corrected chi connectivity index (χ2v) is 21.0. The lowest BCUT2D eigenvalue weighted by atomic mass is 10.1. The molecule has 3 unspecified atom stereocenters. The second-order valence-electron chi connectivity index (χ2n) is 19.5. The third-order valence-electron chi connectivity index (χ3n) is 11.7. The number of likely N-dealkylation sites (N-methyl/N-ethyl adjacent to an activating group) is 1. The zero-order valence-electron chi connectivity index (χ0n) is 45.0. The maximum atomic E-state index is 13.5. The Morgan fingerprint density at radius 3 is 1.46 bits per heavy atom. The van der Waals surface area contributed by atoms with Crippen LogP contribution < -0.4 is 5.32 Å². The van der Waals surface area contributed by atoms with Crippen LogP contribution >= 0.6 is 7.82 Å². The molecule has 0 radical (unpaired) electrons. The van der Waals surface area contributed by atoms with Gasteiger partial charge in [0, 0.05) is 12.8 Å². The van der Waals surface area contributed by atoms with Crippen LogP contribution in [0.15, 0.2) is 97.2 Å². The Morgan fingerprint density at radius 2 is 0.942 bits per heavy atom. The van der Waals surface area contributed by atoms with Gasteiger partial charge in [-0.1, -0.05) is 221 Å². The minimum absolute atomic E-state index is 0.0270. The first-order valence-electron chi connectivity index (χ1n) is 27.6. The third kappa shape index (κ3) is 49.7. The number of ether oxygens (including phenoxy) is 1. The molecule has 0 bridgehead atoms. The van der Waals surface area contributed by atoms with Gasteiger partial charge in [-0.25, -0.2) is 4.57 Å². The molecule has 0 aliphatic heterocycles. The first-order valence-corrected chi connectivity index (χ1v) is 29.1. The second kappa shape index (κ2) is 48.6. The average Bonchev–Trinajstić information content (AvgIpc) is 3.31. The summed E-state index contributed by atoms with van der Waals surface area (Å²) in [5, 5.41) is 3.03. The van der Waals surface area contributed by atoms with Crippen molar-refractivity contribution in [2.75, 3.05) is 40.9 Å². The van der Waals surface area contributed by atoms with Crippen LogP contribution in [0.25, 0.3) is 0 Å². The molecule has 0 aromatic rings. The molecule has 2 N–H and O–H groups in total. The first kappa shape index (κ1) is 65.9. The molecule has 0 aliphatic rings. The molecule has 69 heavy (non-hydrogen) atoms. The van der Waals surface area contributed by atoms with Crippen LogP contribution in [0.2, 0.25) is 0 Å². The third-order valence-corrected chi connectivity index (χ3v) is 12.7. The fourth-order valence-corrected chi connectivity index (χ4v) is 8.11. The van der Waals surface area contributed by atoms with Gasteiger partial charge in [-0.3, -0.25) is 18.6 Å². The number of nitrogens with zero attached hydrogens (tertiary/aromatic N) is 1. The molecule has 0 spiro atoms. The quantitative estimate of drug-likeness (QED) is 0.0156. The fraction of sp³-hybridized carbons (Fsp3) is 0.695. The Bertz CT molecular complexity index is 1510. The number of rotatable bonds is 48. The van der Waals surface area contributed by atoms with Crippen LogP contribution in [-0.2, 0) is 27.9 Å². The summed E-state index contributed by atoms with van der Waals surface area (Å²) in [7, 11) is 1.45. The van der Waals surface area contributed by atoms with E-state index >= 15 is 0 Å². The summed E-state index contributed by atoms with van der Waals surface area (Å²) in [5.41, 5.74) is 0. The van der Waals surface area contributed by atoms with E-state index in [2.05, 4.69) is 50.4 Å². The standard InChI is InChI=1S/C59H103N2O7P/c1-7-10-13-16-19-22-25-27-29-30-32-34-37-40-43-46-49-52-59(63)68-57(50-47-44-41-38-35-24-21-18-15-12-9-3)56(55-67-69(64,65)66-54-53-61(4,5)6)60-58(62)51-48-45-42-39-36-33-31-28-26-23-20-17-14-11-8-2/h10,13,16,19,22-23,25-27,29-30,32,34,37,47,50,56-57H,7-9,11-12,14-15,17-18,20-21,24,28,31,33,35-36,38-46,48-49,51-55H2,1-6H3,(H-,60,62,64,65)/p+1/b13-10-,19-16+,25-22+,26-23-,29-27-,32-30+,37-34+,50-47+. The zero-order valence-corrected chi connectivity index (χ0v) is 45.9. The number of quaternary nitrogens is 1. The van der Waals surface area contributed by atoms with E-state index in [-0.39, 0.29) is 31.5 Å². The lowest BCUT2D eigenvalue weighted by molar-refractivity contribution is -0.870. The highest BCUT2D eigenvalue weighted by Crippen LogP contribution is 2.43. The molecule has 0 saturated carbocycles. The topological polar surface area (TPSA) is 111 Å². The SMILES string of the molecule is CC\C=C/C=C/C=C/C=C\C=C\C=C\CCCCCC(=O)OC(/C=C/CCCCCCCCCCC)C(COP(=O)(O)OCC[N+](C)(C)C)NC(=O)CCCCCCCCC/C=C\CCCCCC. The summed E-state index contributed by atoms with van der Waals surface area (Å²) < 4.78 is 30.5. The smallest absolute Gasteiger partial charge is 0.456 e. The summed E-state index contributed by atoms with van der Waals surface area (Å²) in [6.07, 6.45) is 64.0. The number of phosphoric ester groups is 1. The number of phosphoric acid groups is 1. The zero-order chi connectivity index (χ0) is 50.8. The number of nitrogens with one attached hydrogen (secondary N) is 1. The number of unbranched alkanes of at least 4 members (excludes halogenated alkanes) is 23. The number of amides is 1.